The van der Waals surface area contributed by atoms with Gasteiger partial charge in [0, 0.05) is 6.08 Å². The van der Waals surface area contributed by atoms with E-state index in [4.69, 9.17) is 0 Å². The Morgan fingerprint density at radius 2 is 1.69 bits per heavy atom. The Morgan fingerprint density at radius 1 is 0.923 bits per heavy atom. The first kappa shape index (κ1) is 17.4. The van der Waals surface area contributed by atoms with Gasteiger partial charge in [0.15, 0.2) is 0 Å². The lowest BCUT2D eigenvalue weighted by Gasteiger charge is -2.08. The zero-order chi connectivity index (χ0) is 18.4. The van der Waals surface area contributed by atoms with Crippen molar-refractivity contribution in [3.05, 3.63) is 89.5 Å². The molecule has 3 rings (SSSR count). The van der Waals surface area contributed by atoms with E-state index >= 15 is 0 Å². The van der Waals surface area contributed by atoms with Crippen molar-refractivity contribution in [2.24, 2.45) is 0 Å². The summed E-state index contributed by atoms with van der Waals surface area (Å²) in [6, 6.07) is 21.6. The van der Waals surface area contributed by atoms with Gasteiger partial charge in [0.25, 0.3) is 5.91 Å². The first-order valence-corrected chi connectivity index (χ1v) is 8.42. The van der Waals surface area contributed by atoms with E-state index in [9.17, 15) is 9.59 Å². The minimum absolute atomic E-state index is 0.198. The van der Waals surface area contributed by atoms with Crippen LogP contribution in [0.25, 0.3) is 16.8 Å². The number of hydrazine groups is 1. The van der Waals surface area contributed by atoms with Crippen LogP contribution in [0, 0.1) is 6.92 Å². The fourth-order valence-electron chi connectivity index (χ4n) is 2.78. The van der Waals surface area contributed by atoms with Gasteiger partial charge in [0.2, 0.25) is 5.91 Å². The van der Waals surface area contributed by atoms with Gasteiger partial charge in [-0.25, -0.2) is 0 Å². The maximum atomic E-state index is 12.1. The summed E-state index contributed by atoms with van der Waals surface area (Å²) in [5.74, 6) is -0.642. The highest BCUT2D eigenvalue weighted by Gasteiger charge is 2.07. The van der Waals surface area contributed by atoms with Crippen molar-refractivity contribution < 1.29 is 9.59 Å². The number of amides is 2. The second kappa shape index (κ2) is 8.12. The normalized spacial score (nSPS) is 10.8. The Hall–Kier alpha value is -3.40. The highest BCUT2D eigenvalue weighted by atomic mass is 16.2. The molecule has 0 spiro atoms. The van der Waals surface area contributed by atoms with E-state index in [2.05, 4.69) is 10.9 Å². The molecule has 3 aromatic carbocycles. The molecule has 0 atom stereocenters. The third-order valence-electron chi connectivity index (χ3n) is 4.03. The number of carbonyl (C=O) groups excluding carboxylic acids is 2. The van der Waals surface area contributed by atoms with Crippen molar-refractivity contribution in [1.82, 2.24) is 10.9 Å². The second-order valence-corrected chi connectivity index (χ2v) is 6.10. The van der Waals surface area contributed by atoms with Gasteiger partial charge in [-0.1, -0.05) is 72.3 Å². The van der Waals surface area contributed by atoms with Gasteiger partial charge >= 0.3 is 0 Å². The van der Waals surface area contributed by atoms with Crippen LogP contribution in [0.3, 0.4) is 0 Å². The lowest BCUT2D eigenvalue weighted by molar-refractivity contribution is -0.126. The number of benzene rings is 3. The summed E-state index contributed by atoms with van der Waals surface area (Å²) in [7, 11) is 0. The molecule has 3 aromatic rings. The van der Waals surface area contributed by atoms with Crippen molar-refractivity contribution in [2.45, 2.75) is 13.3 Å². The zero-order valence-electron chi connectivity index (χ0n) is 14.5. The average Bonchev–Trinajstić information content (AvgIpc) is 2.65. The van der Waals surface area contributed by atoms with Crippen LogP contribution in [0.1, 0.15) is 16.7 Å². The smallest absolute Gasteiger partial charge is 0.262 e. The molecule has 4 heteroatoms. The SMILES string of the molecule is Cc1cccc(/C=C/C(=O)NNC(=O)Cc2cccc3ccccc23)c1. The first-order valence-electron chi connectivity index (χ1n) is 8.42. The summed E-state index contributed by atoms with van der Waals surface area (Å²) >= 11 is 0. The maximum Gasteiger partial charge on any atom is 0.262 e. The van der Waals surface area contributed by atoms with E-state index < -0.39 is 0 Å². The van der Waals surface area contributed by atoms with Crippen molar-refractivity contribution in [3.8, 4) is 0 Å². The molecule has 0 unspecified atom stereocenters. The van der Waals surface area contributed by atoms with E-state index in [0.717, 1.165) is 27.5 Å². The minimum atomic E-state index is -0.377. The fourth-order valence-corrected chi connectivity index (χ4v) is 2.78. The Balaban J connectivity index is 1.56. The lowest BCUT2D eigenvalue weighted by atomic mass is 10.0. The second-order valence-electron chi connectivity index (χ2n) is 6.10. The molecule has 0 bridgehead atoms. The highest BCUT2D eigenvalue weighted by Crippen LogP contribution is 2.18. The summed E-state index contributed by atoms with van der Waals surface area (Å²) < 4.78 is 0. The zero-order valence-corrected chi connectivity index (χ0v) is 14.5. The molecule has 0 heterocycles. The predicted octanol–water partition coefficient (Wildman–Crippen LogP) is 3.55. The van der Waals surface area contributed by atoms with Crippen LogP contribution in [0.2, 0.25) is 0 Å². The Morgan fingerprint density at radius 3 is 2.54 bits per heavy atom. The van der Waals surface area contributed by atoms with Crippen LogP contribution in [-0.2, 0) is 16.0 Å². The molecule has 0 saturated carbocycles. The van der Waals surface area contributed by atoms with Gasteiger partial charge < -0.3 is 0 Å². The molecule has 26 heavy (non-hydrogen) atoms. The van der Waals surface area contributed by atoms with Crippen molar-refractivity contribution in [1.29, 1.82) is 0 Å². The monoisotopic (exact) mass is 344 g/mol. The van der Waals surface area contributed by atoms with Crippen LogP contribution < -0.4 is 10.9 Å². The van der Waals surface area contributed by atoms with E-state index in [1.165, 1.54) is 6.08 Å². The van der Waals surface area contributed by atoms with Gasteiger partial charge in [-0.2, -0.15) is 0 Å². The first-order chi connectivity index (χ1) is 12.6. The third-order valence-corrected chi connectivity index (χ3v) is 4.03. The van der Waals surface area contributed by atoms with Gasteiger partial charge in [-0.15, -0.1) is 0 Å². The molecule has 2 N–H and O–H groups in total. The summed E-state index contributed by atoms with van der Waals surface area (Å²) in [4.78, 5) is 24.0. The van der Waals surface area contributed by atoms with E-state index in [-0.39, 0.29) is 18.2 Å². The molecule has 0 saturated heterocycles. The number of carbonyl (C=O) groups is 2. The third kappa shape index (κ3) is 4.57. The van der Waals surface area contributed by atoms with Gasteiger partial charge in [0.1, 0.15) is 0 Å². The van der Waals surface area contributed by atoms with Gasteiger partial charge in [0.05, 0.1) is 6.42 Å². The molecule has 0 radical (unpaired) electrons. The average molecular weight is 344 g/mol. The minimum Gasteiger partial charge on any atom is -0.273 e. The van der Waals surface area contributed by atoms with Crippen LogP contribution in [0.15, 0.2) is 72.8 Å². The molecule has 0 aliphatic carbocycles. The predicted molar refractivity (Wildman–Crippen MR) is 104 cm³/mol. The molecular weight excluding hydrogens is 324 g/mol. The lowest BCUT2D eigenvalue weighted by Crippen LogP contribution is -2.41. The van der Waals surface area contributed by atoms with Crippen molar-refractivity contribution >= 4 is 28.7 Å². The van der Waals surface area contributed by atoms with E-state index in [0.29, 0.717) is 0 Å². The van der Waals surface area contributed by atoms with Crippen molar-refractivity contribution in [2.75, 3.05) is 0 Å². The highest BCUT2D eigenvalue weighted by molar-refractivity contribution is 5.94. The fraction of sp³-hybridized carbons (Fsp3) is 0.0909. The summed E-state index contributed by atoms with van der Waals surface area (Å²) in [6.45, 7) is 1.99. The molecule has 0 aliphatic heterocycles. The van der Waals surface area contributed by atoms with Crippen molar-refractivity contribution in [3.63, 3.8) is 0 Å². The molecule has 0 aromatic heterocycles. The maximum absolute atomic E-state index is 12.1. The molecule has 130 valence electrons. The number of hydrogen-bond donors (Lipinski definition) is 2. The number of aryl methyl sites for hydroxylation is 1. The molecule has 2 amide bonds. The topological polar surface area (TPSA) is 58.2 Å². The quantitative estimate of drug-likeness (QED) is 0.562. The summed E-state index contributed by atoms with van der Waals surface area (Å²) in [5, 5.41) is 2.12. The largest absolute Gasteiger partial charge is 0.273 e. The Bertz CT molecular complexity index is 971. The molecule has 4 nitrogen and oxygen atoms in total. The molecule has 0 fully saturated rings. The Kier molecular flexibility index (Phi) is 5.44. The summed E-state index contributed by atoms with van der Waals surface area (Å²) in [5.41, 5.74) is 7.84. The van der Waals surface area contributed by atoms with Gasteiger partial charge in [-0.05, 0) is 34.9 Å². The van der Waals surface area contributed by atoms with Crippen LogP contribution in [0.5, 0.6) is 0 Å². The Labute approximate surface area is 152 Å². The van der Waals surface area contributed by atoms with E-state index in [1.54, 1.807) is 6.08 Å². The van der Waals surface area contributed by atoms with Gasteiger partial charge in [-0.3, -0.25) is 20.4 Å². The van der Waals surface area contributed by atoms with Crippen LogP contribution in [-0.4, -0.2) is 11.8 Å². The number of fused-ring (bicyclic) bond motifs is 1. The standard InChI is InChI=1S/C22H20N2O2/c1-16-6-4-7-17(14-16)12-13-21(25)23-24-22(26)15-19-10-5-9-18-8-2-3-11-20(18)19/h2-14H,15H2,1H3,(H,23,25)(H,24,26)/b13-12+. The van der Waals surface area contributed by atoms with Crippen LogP contribution in [0.4, 0.5) is 0 Å². The number of nitrogens with one attached hydrogen (secondary N) is 2. The summed E-state index contributed by atoms with van der Waals surface area (Å²) in [6.07, 6.45) is 3.30. The number of rotatable bonds is 4. The van der Waals surface area contributed by atoms with Crippen LogP contribution >= 0.6 is 0 Å². The molecule has 0 aliphatic rings. The number of hydrogen-bond acceptors (Lipinski definition) is 2. The van der Waals surface area contributed by atoms with E-state index in [1.807, 2.05) is 73.7 Å². The molecular formula is C22H20N2O2.